The first-order chi connectivity index (χ1) is 7.64. The van der Waals surface area contributed by atoms with Gasteiger partial charge in [0.25, 0.3) is 5.78 Å². The fraction of sp³-hybridized carbons (Fsp3) is 0.111. The molecule has 1 N–H and O–H groups in total. The van der Waals surface area contributed by atoms with Gasteiger partial charge in [-0.25, -0.2) is 22.0 Å². The molecule has 1 aromatic carbocycles. The van der Waals surface area contributed by atoms with Crippen molar-refractivity contribution < 1.29 is 31.9 Å². The molecule has 0 bridgehead atoms. The average molecular weight is 264 g/mol. The molecule has 0 saturated heterocycles. The second kappa shape index (κ2) is 4.21. The summed E-state index contributed by atoms with van der Waals surface area (Å²) >= 11 is 0. The first-order valence-electron chi connectivity index (χ1n) is 4.11. The molecule has 92 valence electrons. The van der Waals surface area contributed by atoms with Gasteiger partial charge in [-0.2, -0.15) is 0 Å². The summed E-state index contributed by atoms with van der Waals surface area (Å²) in [7, 11) is -3.88. The summed E-state index contributed by atoms with van der Waals surface area (Å²) in [5.74, 6) is -7.01. The lowest BCUT2D eigenvalue weighted by molar-refractivity contribution is -0.131. The normalized spacial score (nSPS) is 11.2. The molecule has 0 saturated carbocycles. The Kier molecular flexibility index (Phi) is 3.28. The van der Waals surface area contributed by atoms with E-state index in [4.69, 9.17) is 5.11 Å². The van der Waals surface area contributed by atoms with E-state index < -0.39 is 43.7 Å². The highest BCUT2D eigenvalue weighted by atomic mass is 32.2. The minimum absolute atomic E-state index is 0.378. The lowest BCUT2D eigenvalue weighted by atomic mass is 10.1. The topological polar surface area (TPSA) is 88.5 Å². The smallest absolute Gasteiger partial charge is 0.377 e. The average Bonchev–Trinajstić information content (AvgIpc) is 2.19. The number of rotatable bonds is 3. The number of carbonyl (C=O) groups excluding carboxylic acids is 1. The fourth-order valence-corrected chi connectivity index (χ4v) is 1.71. The third kappa shape index (κ3) is 2.64. The molecule has 1 aromatic rings. The van der Waals surface area contributed by atoms with Gasteiger partial charge in [-0.3, -0.25) is 4.79 Å². The van der Waals surface area contributed by atoms with Crippen molar-refractivity contribution >= 4 is 21.6 Å². The van der Waals surface area contributed by atoms with E-state index in [-0.39, 0.29) is 0 Å². The van der Waals surface area contributed by atoms with Gasteiger partial charge < -0.3 is 5.11 Å². The first-order valence-corrected chi connectivity index (χ1v) is 6.00. The van der Waals surface area contributed by atoms with Crippen LogP contribution in [-0.4, -0.2) is 31.5 Å². The lowest BCUT2D eigenvalue weighted by Gasteiger charge is -2.04. The predicted octanol–water partition coefficient (Wildman–Crippen LogP) is 0.636. The highest BCUT2D eigenvalue weighted by molar-refractivity contribution is 7.90. The van der Waals surface area contributed by atoms with Gasteiger partial charge in [0.1, 0.15) is 0 Å². The van der Waals surface area contributed by atoms with Crippen molar-refractivity contribution in [2.45, 2.75) is 4.90 Å². The van der Waals surface area contributed by atoms with E-state index in [1.807, 2.05) is 0 Å². The molecule has 0 heterocycles. The van der Waals surface area contributed by atoms with Crippen molar-refractivity contribution in [2.24, 2.45) is 0 Å². The number of aliphatic carboxylic acids is 1. The summed E-state index contributed by atoms with van der Waals surface area (Å²) in [5.41, 5.74) is -1.13. The van der Waals surface area contributed by atoms with Gasteiger partial charge in [0.15, 0.2) is 21.5 Å². The Labute approximate surface area is 94.6 Å². The number of halogens is 2. The summed E-state index contributed by atoms with van der Waals surface area (Å²) in [5, 5.41) is 8.36. The number of carboxylic acid groups (broad SMARTS) is 1. The molecular weight excluding hydrogens is 258 g/mol. The van der Waals surface area contributed by atoms with E-state index in [2.05, 4.69) is 0 Å². The van der Waals surface area contributed by atoms with Crippen LogP contribution in [-0.2, 0) is 14.6 Å². The van der Waals surface area contributed by atoms with Crippen LogP contribution in [0, 0.1) is 11.6 Å². The van der Waals surface area contributed by atoms with Gasteiger partial charge in [-0.1, -0.05) is 0 Å². The van der Waals surface area contributed by atoms with Gasteiger partial charge in [-0.15, -0.1) is 0 Å². The van der Waals surface area contributed by atoms with E-state index in [1.165, 1.54) is 0 Å². The standard InChI is InChI=1S/C9H6F2O5S/c1-17(15,16)4-2-5(8(12)9(13)14)7(11)6(10)3-4/h2-3H,1H3,(H,13,14). The Morgan fingerprint density at radius 2 is 1.76 bits per heavy atom. The van der Waals surface area contributed by atoms with Crippen LogP contribution in [0.1, 0.15) is 10.4 Å². The number of Topliss-reactive ketones (excluding diaryl/α,β-unsaturated/α-hetero) is 1. The van der Waals surface area contributed by atoms with E-state index >= 15 is 0 Å². The van der Waals surface area contributed by atoms with Gasteiger partial charge in [0.05, 0.1) is 10.5 Å². The summed E-state index contributed by atoms with van der Waals surface area (Å²) in [6.45, 7) is 0. The second-order valence-electron chi connectivity index (χ2n) is 3.17. The van der Waals surface area contributed by atoms with Crippen molar-refractivity contribution in [3.63, 3.8) is 0 Å². The highest BCUT2D eigenvalue weighted by Crippen LogP contribution is 2.19. The number of hydrogen-bond acceptors (Lipinski definition) is 4. The van der Waals surface area contributed by atoms with E-state index in [0.717, 1.165) is 0 Å². The third-order valence-electron chi connectivity index (χ3n) is 1.87. The molecule has 0 aliphatic rings. The summed E-state index contributed by atoms with van der Waals surface area (Å²) in [4.78, 5) is 20.7. The van der Waals surface area contributed by atoms with E-state index in [1.54, 1.807) is 0 Å². The zero-order valence-corrected chi connectivity index (χ0v) is 9.22. The number of hydrogen-bond donors (Lipinski definition) is 1. The Hall–Kier alpha value is -1.83. The molecule has 0 atom stereocenters. The lowest BCUT2D eigenvalue weighted by Crippen LogP contribution is -2.16. The van der Waals surface area contributed by atoms with Crippen molar-refractivity contribution in [1.82, 2.24) is 0 Å². The van der Waals surface area contributed by atoms with Crippen LogP contribution in [0.4, 0.5) is 8.78 Å². The van der Waals surface area contributed by atoms with E-state index in [9.17, 15) is 26.8 Å². The van der Waals surface area contributed by atoms with Gasteiger partial charge in [-0.05, 0) is 12.1 Å². The number of benzene rings is 1. The zero-order valence-electron chi connectivity index (χ0n) is 8.40. The molecule has 5 nitrogen and oxygen atoms in total. The Balaban J connectivity index is 3.57. The molecule has 0 spiro atoms. The maximum absolute atomic E-state index is 13.1. The quantitative estimate of drug-likeness (QED) is 0.491. The monoisotopic (exact) mass is 264 g/mol. The molecular formula is C9H6F2O5S. The molecule has 8 heteroatoms. The van der Waals surface area contributed by atoms with Crippen molar-refractivity contribution in [1.29, 1.82) is 0 Å². The number of ketones is 1. The summed E-state index contributed by atoms with van der Waals surface area (Å²) in [6, 6.07) is 0.869. The molecule has 0 aromatic heterocycles. The third-order valence-corrected chi connectivity index (χ3v) is 2.96. The highest BCUT2D eigenvalue weighted by Gasteiger charge is 2.24. The molecule has 0 aliphatic carbocycles. The molecule has 0 radical (unpaired) electrons. The Morgan fingerprint density at radius 3 is 2.18 bits per heavy atom. The second-order valence-corrected chi connectivity index (χ2v) is 5.19. The van der Waals surface area contributed by atoms with Crippen LogP contribution in [0.5, 0.6) is 0 Å². The molecule has 1 rings (SSSR count). The van der Waals surface area contributed by atoms with Gasteiger partial charge in [0.2, 0.25) is 0 Å². The SMILES string of the molecule is CS(=O)(=O)c1cc(F)c(F)c(C(=O)C(=O)O)c1. The van der Waals surface area contributed by atoms with Crippen LogP contribution in [0.2, 0.25) is 0 Å². The zero-order chi connectivity index (χ0) is 13.4. The van der Waals surface area contributed by atoms with Crippen LogP contribution in [0.25, 0.3) is 0 Å². The Morgan fingerprint density at radius 1 is 1.24 bits per heavy atom. The minimum atomic E-state index is -3.88. The van der Waals surface area contributed by atoms with Crippen LogP contribution < -0.4 is 0 Å². The summed E-state index contributed by atoms with van der Waals surface area (Å²) in [6.07, 6.45) is 0.717. The van der Waals surface area contributed by atoms with Crippen LogP contribution >= 0.6 is 0 Å². The summed E-state index contributed by atoms with van der Waals surface area (Å²) < 4.78 is 48.3. The minimum Gasteiger partial charge on any atom is -0.475 e. The van der Waals surface area contributed by atoms with Crippen molar-refractivity contribution in [2.75, 3.05) is 6.26 Å². The van der Waals surface area contributed by atoms with Crippen LogP contribution in [0.15, 0.2) is 17.0 Å². The number of sulfone groups is 1. The number of carboxylic acids is 1. The van der Waals surface area contributed by atoms with Gasteiger partial charge in [0, 0.05) is 6.26 Å². The van der Waals surface area contributed by atoms with E-state index in [0.29, 0.717) is 18.4 Å². The largest absolute Gasteiger partial charge is 0.475 e. The first kappa shape index (κ1) is 13.2. The molecule has 0 aliphatic heterocycles. The maximum atomic E-state index is 13.1. The van der Waals surface area contributed by atoms with Crippen molar-refractivity contribution in [3.8, 4) is 0 Å². The fourth-order valence-electron chi connectivity index (χ4n) is 1.06. The maximum Gasteiger partial charge on any atom is 0.377 e. The molecule has 0 amide bonds. The Bertz CT molecular complexity index is 606. The molecule has 0 fully saturated rings. The predicted molar refractivity (Wildman–Crippen MR) is 51.4 cm³/mol. The van der Waals surface area contributed by atoms with Gasteiger partial charge >= 0.3 is 5.97 Å². The molecule has 17 heavy (non-hydrogen) atoms. The molecule has 0 unspecified atom stereocenters. The van der Waals surface area contributed by atoms with Crippen molar-refractivity contribution in [3.05, 3.63) is 29.3 Å². The van der Waals surface area contributed by atoms with Crippen LogP contribution in [0.3, 0.4) is 0 Å². The number of carbonyl (C=O) groups is 2.